The summed E-state index contributed by atoms with van der Waals surface area (Å²) in [5.41, 5.74) is 4.26. The fraction of sp³-hybridized carbons (Fsp3) is 0.107. The largest absolute Gasteiger partial charge is 0.493 e. The van der Waals surface area contributed by atoms with E-state index in [9.17, 15) is 0 Å². The molecule has 0 spiro atoms. The second kappa shape index (κ2) is 10.8. The lowest BCUT2D eigenvalue weighted by Crippen LogP contribution is -2.16. The van der Waals surface area contributed by atoms with Crippen LogP contribution in [0.15, 0.2) is 114 Å². The predicted molar refractivity (Wildman–Crippen MR) is 130 cm³/mol. The third-order valence-electron chi connectivity index (χ3n) is 5.00. The molecule has 0 aromatic heterocycles. The van der Waals surface area contributed by atoms with Crippen molar-refractivity contribution in [1.29, 1.82) is 0 Å². The smallest absolute Gasteiger partial charge is 0.162 e. The molecule has 0 saturated heterocycles. The highest BCUT2D eigenvalue weighted by Crippen LogP contribution is 2.28. The van der Waals surface area contributed by atoms with Crippen molar-refractivity contribution in [2.45, 2.75) is 13.2 Å². The number of rotatable bonds is 9. The molecule has 0 saturated carbocycles. The van der Waals surface area contributed by atoms with Crippen molar-refractivity contribution >= 4 is 11.9 Å². The fourth-order valence-electron chi connectivity index (χ4n) is 3.31. The van der Waals surface area contributed by atoms with E-state index >= 15 is 0 Å². The zero-order valence-corrected chi connectivity index (χ0v) is 18.1. The average Bonchev–Trinajstić information content (AvgIpc) is 2.87. The highest BCUT2D eigenvalue weighted by atomic mass is 16.5. The van der Waals surface area contributed by atoms with Crippen LogP contribution in [0, 0.1) is 0 Å². The van der Waals surface area contributed by atoms with Gasteiger partial charge in [-0.3, -0.25) is 5.01 Å². The van der Waals surface area contributed by atoms with E-state index in [1.54, 1.807) is 7.11 Å². The molecule has 0 N–H and O–H groups in total. The van der Waals surface area contributed by atoms with Gasteiger partial charge in [-0.2, -0.15) is 5.10 Å². The van der Waals surface area contributed by atoms with Gasteiger partial charge in [0.15, 0.2) is 11.5 Å². The van der Waals surface area contributed by atoms with Gasteiger partial charge in [-0.1, -0.05) is 78.9 Å². The zero-order valence-electron chi connectivity index (χ0n) is 18.1. The molecular formula is C28H26N2O2. The summed E-state index contributed by atoms with van der Waals surface area (Å²) in [5.74, 6) is 1.39. The van der Waals surface area contributed by atoms with Crippen LogP contribution in [0.25, 0.3) is 0 Å². The number of hydrogen-bond donors (Lipinski definition) is 0. The van der Waals surface area contributed by atoms with Gasteiger partial charge in [-0.05, 0) is 47.0 Å². The Morgan fingerprint density at radius 2 is 1.34 bits per heavy atom. The van der Waals surface area contributed by atoms with E-state index in [0.29, 0.717) is 24.7 Å². The molecule has 4 aromatic rings. The fourth-order valence-corrected chi connectivity index (χ4v) is 3.31. The molecule has 0 unspecified atom stereocenters. The molecule has 0 bridgehead atoms. The Kier molecular flexibility index (Phi) is 7.17. The Morgan fingerprint density at radius 3 is 2.00 bits per heavy atom. The molecule has 0 aliphatic carbocycles. The van der Waals surface area contributed by atoms with Crippen LogP contribution in [0.1, 0.15) is 16.7 Å². The van der Waals surface area contributed by atoms with E-state index in [1.165, 1.54) is 5.56 Å². The number of para-hydroxylation sites is 1. The third kappa shape index (κ3) is 5.76. The summed E-state index contributed by atoms with van der Waals surface area (Å²) in [4.78, 5) is 0. The summed E-state index contributed by atoms with van der Waals surface area (Å²) >= 11 is 0. The van der Waals surface area contributed by atoms with Gasteiger partial charge in [0.25, 0.3) is 0 Å². The van der Waals surface area contributed by atoms with Gasteiger partial charge in [0, 0.05) is 0 Å². The summed E-state index contributed by atoms with van der Waals surface area (Å²) in [6, 6.07) is 36.4. The monoisotopic (exact) mass is 422 g/mol. The van der Waals surface area contributed by atoms with Gasteiger partial charge in [0.2, 0.25) is 0 Å². The first-order valence-corrected chi connectivity index (χ1v) is 10.6. The quantitative estimate of drug-likeness (QED) is 0.234. The topological polar surface area (TPSA) is 34.1 Å². The minimum Gasteiger partial charge on any atom is -0.493 e. The Labute approximate surface area is 189 Å². The zero-order chi connectivity index (χ0) is 22.0. The summed E-state index contributed by atoms with van der Waals surface area (Å²) in [6.07, 6.45) is 1.85. The van der Waals surface area contributed by atoms with Gasteiger partial charge < -0.3 is 9.47 Å². The van der Waals surface area contributed by atoms with E-state index < -0.39 is 0 Å². The molecule has 0 amide bonds. The lowest BCUT2D eigenvalue weighted by atomic mass is 10.2. The third-order valence-corrected chi connectivity index (χ3v) is 5.00. The first kappa shape index (κ1) is 21.2. The molecule has 4 rings (SSSR count). The lowest BCUT2D eigenvalue weighted by molar-refractivity contribution is 0.284. The van der Waals surface area contributed by atoms with Crippen LogP contribution in [0.4, 0.5) is 5.69 Å². The maximum atomic E-state index is 6.04. The van der Waals surface area contributed by atoms with Gasteiger partial charge in [-0.25, -0.2) is 0 Å². The SMILES string of the molecule is COc1ccc(/C=N/N(Cc2ccccc2)c2ccccc2)cc1OCc1ccccc1. The molecule has 0 radical (unpaired) electrons. The van der Waals surface area contributed by atoms with Gasteiger partial charge >= 0.3 is 0 Å². The first-order chi connectivity index (χ1) is 15.8. The van der Waals surface area contributed by atoms with Crippen LogP contribution in [0.5, 0.6) is 11.5 Å². The Bertz CT molecular complexity index is 1130. The summed E-state index contributed by atoms with van der Waals surface area (Å²) in [5, 5.41) is 6.78. The molecule has 4 nitrogen and oxygen atoms in total. The van der Waals surface area contributed by atoms with Crippen molar-refractivity contribution in [3.05, 3.63) is 126 Å². The highest BCUT2D eigenvalue weighted by Gasteiger charge is 2.08. The number of benzene rings is 4. The number of nitrogens with zero attached hydrogens (tertiary/aromatic N) is 2. The van der Waals surface area contributed by atoms with Crippen LogP contribution in [0.2, 0.25) is 0 Å². The maximum Gasteiger partial charge on any atom is 0.162 e. The number of hydrazone groups is 1. The Balaban J connectivity index is 1.55. The van der Waals surface area contributed by atoms with E-state index in [0.717, 1.165) is 16.8 Å². The second-order valence-electron chi connectivity index (χ2n) is 7.31. The van der Waals surface area contributed by atoms with Crippen LogP contribution in [-0.4, -0.2) is 13.3 Å². The van der Waals surface area contributed by atoms with Crippen molar-refractivity contribution < 1.29 is 9.47 Å². The van der Waals surface area contributed by atoms with Crippen LogP contribution < -0.4 is 14.5 Å². The minimum absolute atomic E-state index is 0.474. The van der Waals surface area contributed by atoms with Crippen molar-refractivity contribution in [1.82, 2.24) is 0 Å². The highest BCUT2D eigenvalue weighted by molar-refractivity contribution is 5.81. The molecule has 0 aliphatic heterocycles. The molecule has 160 valence electrons. The Hall–Kier alpha value is -4.05. The van der Waals surface area contributed by atoms with Crippen LogP contribution in [0.3, 0.4) is 0 Å². The molecule has 32 heavy (non-hydrogen) atoms. The van der Waals surface area contributed by atoms with E-state index in [-0.39, 0.29) is 0 Å². The first-order valence-electron chi connectivity index (χ1n) is 10.6. The summed E-state index contributed by atoms with van der Waals surface area (Å²) in [6.45, 7) is 1.15. The second-order valence-corrected chi connectivity index (χ2v) is 7.31. The Morgan fingerprint density at radius 1 is 0.719 bits per heavy atom. The number of hydrogen-bond acceptors (Lipinski definition) is 4. The van der Waals surface area contributed by atoms with E-state index in [2.05, 4.69) is 24.3 Å². The van der Waals surface area contributed by atoms with Crippen molar-refractivity contribution in [3.63, 3.8) is 0 Å². The average molecular weight is 423 g/mol. The number of ether oxygens (including phenoxy) is 2. The molecule has 4 heteroatoms. The van der Waals surface area contributed by atoms with Crippen molar-refractivity contribution in [2.75, 3.05) is 12.1 Å². The normalized spacial score (nSPS) is 10.8. The summed E-state index contributed by atoms with van der Waals surface area (Å²) in [7, 11) is 1.65. The molecular weight excluding hydrogens is 396 g/mol. The molecule has 0 atom stereocenters. The molecule has 4 aromatic carbocycles. The van der Waals surface area contributed by atoms with Gasteiger partial charge in [0.1, 0.15) is 6.61 Å². The number of methoxy groups -OCH3 is 1. The van der Waals surface area contributed by atoms with Crippen LogP contribution in [-0.2, 0) is 13.2 Å². The van der Waals surface area contributed by atoms with Crippen molar-refractivity contribution in [3.8, 4) is 11.5 Å². The van der Waals surface area contributed by atoms with Crippen molar-refractivity contribution in [2.24, 2.45) is 5.10 Å². The van der Waals surface area contributed by atoms with Gasteiger partial charge in [-0.15, -0.1) is 0 Å². The standard InChI is InChI=1S/C28H26N2O2/c1-31-27-18-17-25(19-28(27)32-22-24-13-7-3-8-14-24)20-29-30(26-15-9-4-10-16-26)21-23-11-5-2-6-12-23/h2-20H,21-22H2,1H3/b29-20+. The lowest BCUT2D eigenvalue weighted by Gasteiger charge is -2.19. The van der Waals surface area contributed by atoms with Crippen LogP contribution >= 0.6 is 0 Å². The predicted octanol–water partition coefficient (Wildman–Crippen LogP) is 6.31. The number of anilines is 1. The molecule has 0 fully saturated rings. The maximum absolute atomic E-state index is 6.04. The van der Waals surface area contributed by atoms with Gasteiger partial charge in [0.05, 0.1) is 25.6 Å². The van der Waals surface area contributed by atoms with E-state index in [4.69, 9.17) is 14.6 Å². The van der Waals surface area contributed by atoms with E-state index in [1.807, 2.05) is 96.2 Å². The summed E-state index contributed by atoms with van der Waals surface area (Å²) < 4.78 is 11.5. The minimum atomic E-state index is 0.474. The molecule has 0 heterocycles. The molecule has 0 aliphatic rings.